The second-order valence-corrected chi connectivity index (χ2v) is 5.31. The number of aliphatic hydroxyl groups is 1. The van der Waals surface area contributed by atoms with E-state index in [4.69, 9.17) is 9.15 Å². The summed E-state index contributed by atoms with van der Waals surface area (Å²) in [5.41, 5.74) is 2.81. The maximum absolute atomic E-state index is 12.9. The first-order chi connectivity index (χ1) is 11.0. The van der Waals surface area contributed by atoms with Crippen LogP contribution in [-0.2, 0) is 0 Å². The second-order valence-electron chi connectivity index (χ2n) is 5.31. The molecule has 1 unspecified atom stereocenters. The molecule has 3 rings (SSSR count). The van der Waals surface area contributed by atoms with Crippen LogP contribution >= 0.6 is 0 Å². The predicted octanol–water partition coefficient (Wildman–Crippen LogP) is 3.28. The van der Waals surface area contributed by atoms with Crippen LogP contribution in [0.4, 0.5) is 0 Å². The smallest absolute Gasteiger partial charge is 0.262 e. The Hall–Kier alpha value is -2.77. The maximum atomic E-state index is 12.9. The quantitative estimate of drug-likeness (QED) is 0.448. The topological polar surface area (TPSA) is 59.7 Å². The number of aliphatic hydroxyl groups excluding tert-OH is 1. The van der Waals surface area contributed by atoms with Crippen molar-refractivity contribution in [2.75, 3.05) is 0 Å². The molecule has 0 bridgehead atoms. The molecular formula is C19H16O4. The first-order valence-electron chi connectivity index (χ1n) is 7.25. The molecule has 0 radical (unpaired) electrons. The van der Waals surface area contributed by atoms with E-state index < -0.39 is 6.29 Å². The van der Waals surface area contributed by atoms with E-state index in [0.717, 1.165) is 11.1 Å². The Morgan fingerprint density at radius 1 is 1.22 bits per heavy atom. The average molecular weight is 308 g/mol. The summed E-state index contributed by atoms with van der Waals surface area (Å²) in [6.45, 7) is 5.49. The second kappa shape index (κ2) is 5.79. The summed E-state index contributed by atoms with van der Waals surface area (Å²) >= 11 is 0. The lowest BCUT2D eigenvalue weighted by atomic mass is 10.0. The third kappa shape index (κ3) is 2.56. The number of hydrogen-bond donors (Lipinski definition) is 1. The van der Waals surface area contributed by atoms with Gasteiger partial charge < -0.3 is 14.3 Å². The molecular weight excluding hydrogens is 292 g/mol. The Morgan fingerprint density at radius 3 is 2.74 bits per heavy atom. The van der Waals surface area contributed by atoms with Crippen molar-refractivity contribution in [2.45, 2.75) is 27.1 Å². The fraction of sp³-hybridized carbons (Fsp3) is 0.211. The highest BCUT2D eigenvalue weighted by Crippen LogP contribution is 2.28. The first-order valence-corrected chi connectivity index (χ1v) is 7.25. The standard InChI is InChI=1S/C19H16O4/c1-4-6-16(20)22-14-7-5-8-15-17(14)18(21)13-10-9-11(2)12(3)19(13)23-15/h5,7-10,16,20H,1-3H3. The molecule has 4 heteroatoms. The van der Waals surface area contributed by atoms with Gasteiger partial charge in [0.25, 0.3) is 6.29 Å². The fourth-order valence-corrected chi connectivity index (χ4v) is 2.54. The molecule has 0 aliphatic rings. The zero-order valence-corrected chi connectivity index (χ0v) is 13.1. The molecule has 0 saturated heterocycles. The van der Waals surface area contributed by atoms with Crippen molar-refractivity contribution in [1.29, 1.82) is 0 Å². The molecule has 0 saturated carbocycles. The SMILES string of the molecule is CC#CC(O)Oc1cccc2oc3c(C)c(C)ccc3c(=O)c12. The maximum Gasteiger partial charge on any atom is 0.262 e. The van der Waals surface area contributed by atoms with Gasteiger partial charge in [-0.1, -0.05) is 12.1 Å². The van der Waals surface area contributed by atoms with E-state index in [2.05, 4.69) is 11.8 Å². The Morgan fingerprint density at radius 2 is 2.00 bits per heavy atom. The van der Waals surface area contributed by atoms with Gasteiger partial charge in [0.2, 0.25) is 5.43 Å². The zero-order valence-electron chi connectivity index (χ0n) is 13.1. The highest BCUT2D eigenvalue weighted by Gasteiger charge is 2.15. The summed E-state index contributed by atoms with van der Waals surface area (Å²) in [6, 6.07) is 8.68. The molecule has 116 valence electrons. The highest BCUT2D eigenvalue weighted by molar-refractivity contribution is 5.94. The molecule has 1 aromatic heterocycles. The zero-order chi connectivity index (χ0) is 16.6. The molecule has 2 aromatic carbocycles. The third-order valence-electron chi connectivity index (χ3n) is 3.85. The van der Waals surface area contributed by atoms with Crippen LogP contribution in [0, 0.1) is 25.7 Å². The van der Waals surface area contributed by atoms with Crippen molar-refractivity contribution in [2.24, 2.45) is 0 Å². The van der Waals surface area contributed by atoms with Crippen molar-refractivity contribution in [3.63, 3.8) is 0 Å². The summed E-state index contributed by atoms with van der Waals surface area (Å²) in [5.74, 6) is 5.31. The molecule has 1 heterocycles. The van der Waals surface area contributed by atoms with E-state index in [1.807, 2.05) is 19.9 Å². The van der Waals surface area contributed by atoms with Gasteiger partial charge in [-0.25, -0.2) is 0 Å². The van der Waals surface area contributed by atoms with Crippen molar-refractivity contribution < 1.29 is 14.3 Å². The van der Waals surface area contributed by atoms with Crippen LogP contribution in [0.1, 0.15) is 18.1 Å². The van der Waals surface area contributed by atoms with Crippen LogP contribution in [0.5, 0.6) is 5.75 Å². The van der Waals surface area contributed by atoms with Gasteiger partial charge in [0.05, 0.1) is 5.39 Å². The minimum absolute atomic E-state index is 0.184. The van der Waals surface area contributed by atoms with E-state index in [0.29, 0.717) is 21.9 Å². The monoisotopic (exact) mass is 308 g/mol. The van der Waals surface area contributed by atoms with Crippen LogP contribution in [0.25, 0.3) is 21.9 Å². The summed E-state index contributed by atoms with van der Waals surface area (Å²) < 4.78 is 11.3. The van der Waals surface area contributed by atoms with Crippen LogP contribution in [0.3, 0.4) is 0 Å². The van der Waals surface area contributed by atoms with E-state index in [9.17, 15) is 9.90 Å². The summed E-state index contributed by atoms with van der Waals surface area (Å²) in [7, 11) is 0. The van der Waals surface area contributed by atoms with Gasteiger partial charge in [-0.2, -0.15) is 0 Å². The van der Waals surface area contributed by atoms with Crippen molar-refractivity contribution in [3.8, 4) is 17.6 Å². The number of ether oxygens (including phenoxy) is 1. The van der Waals surface area contributed by atoms with Crippen LogP contribution in [-0.4, -0.2) is 11.4 Å². The lowest BCUT2D eigenvalue weighted by molar-refractivity contribution is 0.0343. The summed E-state index contributed by atoms with van der Waals surface area (Å²) in [6.07, 6.45) is -1.29. The fourth-order valence-electron chi connectivity index (χ4n) is 2.54. The first kappa shape index (κ1) is 15.1. The summed E-state index contributed by atoms with van der Waals surface area (Å²) in [5, 5.41) is 10.5. The van der Waals surface area contributed by atoms with Gasteiger partial charge in [0, 0.05) is 0 Å². The number of aryl methyl sites for hydroxylation is 2. The molecule has 4 nitrogen and oxygen atoms in total. The minimum atomic E-state index is -1.29. The molecule has 0 amide bonds. The molecule has 3 aromatic rings. The molecule has 0 fully saturated rings. The molecule has 0 spiro atoms. The largest absolute Gasteiger partial charge is 0.455 e. The number of fused-ring (bicyclic) bond motifs is 2. The third-order valence-corrected chi connectivity index (χ3v) is 3.85. The van der Waals surface area contributed by atoms with E-state index in [1.54, 1.807) is 31.2 Å². The normalized spacial score (nSPS) is 12.0. The van der Waals surface area contributed by atoms with Gasteiger partial charge in [-0.15, -0.1) is 5.92 Å². The van der Waals surface area contributed by atoms with Crippen molar-refractivity contribution >= 4 is 21.9 Å². The Balaban J connectivity index is 2.33. The number of rotatable bonds is 2. The van der Waals surface area contributed by atoms with Crippen molar-refractivity contribution in [1.82, 2.24) is 0 Å². The van der Waals surface area contributed by atoms with Crippen LogP contribution in [0.15, 0.2) is 39.5 Å². The average Bonchev–Trinajstić information content (AvgIpc) is 2.52. The highest BCUT2D eigenvalue weighted by atomic mass is 16.6. The number of benzene rings is 2. The minimum Gasteiger partial charge on any atom is -0.455 e. The molecule has 1 atom stereocenters. The Kier molecular flexibility index (Phi) is 3.81. The van der Waals surface area contributed by atoms with E-state index in [-0.39, 0.29) is 11.2 Å². The lowest BCUT2D eigenvalue weighted by Gasteiger charge is -2.11. The van der Waals surface area contributed by atoms with Gasteiger partial charge >= 0.3 is 0 Å². The van der Waals surface area contributed by atoms with E-state index >= 15 is 0 Å². The predicted molar refractivity (Wildman–Crippen MR) is 89.5 cm³/mol. The Bertz CT molecular complexity index is 1020. The van der Waals surface area contributed by atoms with Crippen molar-refractivity contribution in [3.05, 3.63) is 51.7 Å². The molecule has 23 heavy (non-hydrogen) atoms. The van der Waals surface area contributed by atoms with Gasteiger partial charge in [-0.05, 0) is 56.0 Å². The molecule has 0 aliphatic carbocycles. The molecule has 1 N–H and O–H groups in total. The molecule has 0 aliphatic heterocycles. The summed E-state index contributed by atoms with van der Waals surface area (Å²) in [4.78, 5) is 12.9. The van der Waals surface area contributed by atoms with Crippen LogP contribution < -0.4 is 10.2 Å². The number of hydrogen-bond acceptors (Lipinski definition) is 4. The van der Waals surface area contributed by atoms with E-state index in [1.165, 1.54) is 0 Å². The lowest BCUT2D eigenvalue weighted by Crippen LogP contribution is -2.14. The van der Waals surface area contributed by atoms with Crippen LogP contribution in [0.2, 0.25) is 0 Å². The van der Waals surface area contributed by atoms with Gasteiger partial charge in [0.15, 0.2) is 0 Å². The Labute approximate surface area is 133 Å². The van der Waals surface area contributed by atoms with Gasteiger partial charge in [-0.3, -0.25) is 4.79 Å². The van der Waals surface area contributed by atoms with Gasteiger partial charge in [0.1, 0.15) is 22.3 Å².